The predicted molar refractivity (Wildman–Crippen MR) is 58.8 cm³/mol. The number of carboxylic acid groups (broad SMARTS) is 1. The lowest BCUT2D eigenvalue weighted by molar-refractivity contribution is -0.137. The van der Waals surface area contributed by atoms with E-state index in [2.05, 4.69) is 5.32 Å². The van der Waals surface area contributed by atoms with Crippen molar-refractivity contribution < 1.29 is 23.1 Å². The van der Waals surface area contributed by atoms with Crippen LogP contribution in [0.1, 0.15) is 25.7 Å². The van der Waals surface area contributed by atoms with Gasteiger partial charge in [0.05, 0.1) is 5.75 Å². The molecule has 6 nitrogen and oxygen atoms in total. The maximum Gasteiger partial charge on any atom is 0.303 e. The molecule has 2 N–H and O–H groups in total. The van der Waals surface area contributed by atoms with E-state index in [1.165, 1.54) is 7.05 Å². The smallest absolute Gasteiger partial charge is 0.303 e. The van der Waals surface area contributed by atoms with Crippen LogP contribution in [0.5, 0.6) is 0 Å². The molecule has 0 radical (unpaired) electrons. The first kappa shape index (κ1) is 14.9. The van der Waals surface area contributed by atoms with Gasteiger partial charge in [-0.2, -0.15) is 0 Å². The number of carbonyl (C=O) groups is 2. The number of hydrogen-bond donors (Lipinski definition) is 2. The molecule has 0 aromatic heterocycles. The van der Waals surface area contributed by atoms with E-state index < -0.39 is 27.5 Å². The van der Waals surface area contributed by atoms with Gasteiger partial charge in [0.25, 0.3) is 0 Å². The highest BCUT2D eigenvalue weighted by Crippen LogP contribution is 2.03. The van der Waals surface area contributed by atoms with Crippen LogP contribution in [0.4, 0.5) is 0 Å². The molecule has 1 amide bonds. The van der Waals surface area contributed by atoms with E-state index in [-0.39, 0.29) is 12.2 Å². The Balaban J connectivity index is 3.75. The van der Waals surface area contributed by atoms with Crippen LogP contribution in [0.15, 0.2) is 0 Å². The average molecular weight is 251 g/mol. The Bertz CT molecular complexity index is 336. The maximum absolute atomic E-state index is 11.3. The van der Waals surface area contributed by atoms with E-state index in [1.807, 2.05) is 0 Å². The normalized spacial score (nSPS) is 11.1. The zero-order chi connectivity index (χ0) is 12.6. The standard InChI is InChI=1S/C9H17NO5S/c1-10-8(11)7-16(14,15)6-4-2-3-5-9(12)13/h2-7H2,1H3,(H,10,11)(H,12,13). The molecule has 16 heavy (non-hydrogen) atoms. The van der Waals surface area contributed by atoms with Crippen LogP contribution in [-0.2, 0) is 19.4 Å². The number of carbonyl (C=O) groups excluding carboxylic acids is 1. The Morgan fingerprint density at radius 3 is 2.31 bits per heavy atom. The molecule has 0 aromatic rings. The van der Waals surface area contributed by atoms with Crippen molar-refractivity contribution in [2.24, 2.45) is 0 Å². The van der Waals surface area contributed by atoms with Crippen LogP contribution in [0, 0.1) is 0 Å². The Labute approximate surface area is 95.0 Å². The number of hydrogen-bond acceptors (Lipinski definition) is 4. The van der Waals surface area contributed by atoms with Gasteiger partial charge < -0.3 is 10.4 Å². The van der Waals surface area contributed by atoms with Crippen molar-refractivity contribution in [1.82, 2.24) is 5.32 Å². The summed E-state index contributed by atoms with van der Waals surface area (Å²) >= 11 is 0. The van der Waals surface area contributed by atoms with Crippen LogP contribution >= 0.6 is 0 Å². The minimum absolute atomic E-state index is 0.0511. The summed E-state index contributed by atoms with van der Waals surface area (Å²) in [5.41, 5.74) is 0. The van der Waals surface area contributed by atoms with E-state index in [4.69, 9.17) is 5.11 Å². The third kappa shape index (κ3) is 8.22. The molecule has 94 valence electrons. The lowest BCUT2D eigenvalue weighted by atomic mass is 10.2. The topological polar surface area (TPSA) is 101 Å². The molecule has 0 spiro atoms. The molecular weight excluding hydrogens is 234 g/mol. The Hall–Kier alpha value is -1.11. The van der Waals surface area contributed by atoms with E-state index in [0.29, 0.717) is 19.3 Å². The molecule has 0 saturated heterocycles. The largest absolute Gasteiger partial charge is 0.481 e. The molecule has 0 saturated carbocycles. The second-order valence-corrected chi connectivity index (χ2v) is 5.65. The minimum atomic E-state index is -3.35. The van der Waals surface area contributed by atoms with Crippen LogP contribution in [0.2, 0.25) is 0 Å². The van der Waals surface area contributed by atoms with Gasteiger partial charge in [-0.25, -0.2) is 8.42 Å². The maximum atomic E-state index is 11.3. The third-order valence-electron chi connectivity index (χ3n) is 1.98. The van der Waals surface area contributed by atoms with Crippen LogP contribution in [0.3, 0.4) is 0 Å². The highest BCUT2D eigenvalue weighted by molar-refractivity contribution is 7.92. The van der Waals surface area contributed by atoms with Gasteiger partial charge in [-0.15, -0.1) is 0 Å². The summed E-state index contributed by atoms with van der Waals surface area (Å²) in [6.07, 6.45) is 1.45. The number of rotatable bonds is 8. The lowest BCUT2D eigenvalue weighted by Gasteiger charge is -2.02. The number of nitrogens with one attached hydrogen (secondary N) is 1. The van der Waals surface area contributed by atoms with Crippen molar-refractivity contribution in [2.75, 3.05) is 18.6 Å². The lowest BCUT2D eigenvalue weighted by Crippen LogP contribution is -2.28. The molecule has 0 fully saturated rings. The molecule has 0 rings (SSSR count). The minimum Gasteiger partial charge on any atom is -0.481 e. The molecule has 0 aromatic carbocycles. The predicted octanol–water partition coefficient (Wildman–Crippen LogP) is -0.208. The molecular formula is C9H17NO5S. The number of amides is 1. The van der Waals surface area contributed by atoms with Crippen molar-refractivity contribution in [3.8, 4) is 0 Å². The fourth-order valence-corrected chi connectivity index (χ4v) is 2.45. The van der Waals surface area contributed by atoms with Crippen LogP contribution < -0.4 is 5.32 Å². The highest BCUT2D eigenvalue weighted by atomic mass is 32.2. The van der Waals surface area contributed by atoms with Gasteiger partial charge >= 0.3 is 5.97 Å². The summed E-state index contributed by atoms with van der Waals surface area (Å²) in [5.74, 6) is -1.97. The van der Waals surface area contributed by atoms with Crippen molar-refractivity contribution in [2.45, 2.75) is 25.7 Å². The van der Waals surface area contributed by atoms with Crippen molar-refractivity contribution in [3.63, 3.8) is 0 Å². The number of carboxylic acids is 1. The summed E-state index contributed by atoms with van der Waals surface area (Å²) in [6.45, 7) is 0. The Morgan fingerprint density at radius 2 is 1.81 bits per heavy atom. The van der Waals surface area contributed by atoms with Crippen molar-refractivity contribution in [1.29, 1.82) is 0 Å². The zero-order valence-electron chi connectivity index (χ0n) is 9.23. The van der Waals surface area contributed by atoms with Crippen LogP contribution in [-0.4, -0.2) is 44.0 Å². The first-order valence-electron chi connectivity index (χ1n) is 5.00. The van der Waals surface area contributed by atoms with Crippen molar-refractivity contribution in [3.05, 3.63) is 0 Å². The van der Waals surface area contributed by atoms with Crippen LogP contribution in [0.25, 0.3) is 0 Å². The Morgan fingerprint density at radius 1 is 1.19 bits per heavy atom. The fraction of sp³-hybridized carbons (Fsp3) is 0.778. The quantitative estimate of drug-likeness (QED) is 0.581. The molecule has 0 heterocycles. The molecule has 0 aliphatic heterocycles. The number of aliphatic carboxylic acids is 1. The van der Waals surface area contributed by atoms with Gasteiger partial charge in [-0.3, -0.25) is 9.59 Å². The summed E-state index contributed by atoms with van der Waals surface area (Å²) in [5, 5.41) is 10.6. The fourth-order valence-electron chi connectivity index (χ4n) is 1.12. The van der Waals surface area contributed by atoms with Gasteiger partial charge in [-0.1, -0.05) is 6.42 Å². The number of sulfone groups is 1. The first-order valence-corrected chi connectivity index (χ1v) is 6.82. The highest BCUT2D eigenvalue weighted by Gasteiger charge is 2.14. The summed E-state index contributed by atoms with van der Waals surface area (Å²) in [7, 11) is -1.97. The van der Waals surface area contributed by atoms with E-state index in [1.54, 1.807) is 0 Å². The van der Waals surface area contributed by atoms with Crippen molar-refractivity contribution >= 4 is 21.7 Å². The second-order valence-electron chi connectivity index (χ2n) is 3.47. The second kappa shape index (κ2) is 7.21. The summed E-state index contributed by atoms with van der Waals surface area (Å²) in [6, 6.07) is 0. The van der Waals surface area contributed by atoms with E-state index in [9.17, 15) is 18.0 Å². The van der Waals surface area contributed by atoms with E-state index >= 15 is 0 Å². The Kier molecular flexibility index (Phi) is 6.71. The van der Waals surface area contributed by atoms with Gasteiger partial charge in [0.2, 0.25) is 5.91 Å². The van der Waals surface area contributed by atoms with E-state index in [0.717, 1.165) is 0 Å². The van der Waals surface area contributed by atoms with Gasteiger partial charge in [0.15, 0.2) is 9.84 Å². The zero-order valence-corrected chi connectivity index (χ0v) is 10.0. The summed E-state index contributed by atoms with van der Waals surface area (Å²) in [4.78, 5) is 21.0. The number of unbranched alkanes of at least 4 members (excludes halogenated alkanes) is 2. The molecule has 0 unspecified atom stereocenters. The average Bonchev–Trinajstić information content (AvgIpc) is 2.15. The van der Waals surface area contributed by atoms with Gasteiger partial charge in [0, 0.05) is 13.5 Å². The first-order chi connectivity index (χ1) is 7.37. The SMILES string of the molecule is CNC(=O)CS(=O)(=O)CCCCCC(=O)O. The molecule has 7 heteroatoms. The van der Waals surface area contributed by atoms with Gasteiger partial charge in [0.1, 0.15) is 5.75 Å². The molecule has 0 aliphatic rings. The third-order valence-corrected chi connectivity index (χ3v) is 3.59. The van der Waals surface area contributed by atoms with Gasteiger partial charge in [-0.05, 0) is 12.8 Å². The molecule has 0 atom stereocenters. The summed E-state index contributed by atoms with van der Waals surface area (Å²) < 4.78 is 22.6. The monoisotopic (exact) mass is 251 g/mol. The molecule has 0 bridgehead atoms. The molecule has 0 aliphatic carbocycles.